The molecule has 2 N–H and O–H groups in total. The summed E-state index contributed by atoms with van der Waals surface area (Å²) in [7, 11) is 0. The Hall–Kier alpha value is -1.55. The van der Waals surface area contributed by atoms with Crippen molar-refractivity contribution in [1.29, 1.82) is 0 Å². The number of aromatic hydroxyl groups is 1. The van der Waals surface area contributed by atoms with Crippen LogP contribution in [0.2, 0.25) is 0 Å². The fourth-order valence-electron chi connectivity index (χ4n) is 2.60. The van der Waals surface area contributed by atoms with Crippen LogP contribution in [0.5, 0.6) is 5.75 Å². The summed E-state index contributed by atoms with van der Waals surface area (Å²) in [5.74, 6) is 0.531. The van der Waals surface area contributed by atoms with Crippen molar-refractivity contribution in [3.8, 4) is 5.75 Å². The molecule has 0 radical (unpaired) electrons. The Bertz CT molecular complexity index is 441. The Kier molecular flexibility index (Phi) is 2.52. The van der Waals surface area contributed by atoms with Crippen molar-refractivity contribution in [2.75, 3.05) is 13.1 Å². The van der Waals surface area contributed by atoms with Gasteiger partial charge in [0.15, 0.2) is 0 Å². The van der Waals surface area contributed by atoms with Gasteiger partial charge in [-0.2, -0.15) is 0 Å². The number of nitrogens with zero attached hydrogens (tertiary/aromatic N) is 1. The summed E-state index contributed by atoms with van der Waals surface area (Å²) in [6.07, 6.45) is 1.71. The molecule has 3 saturated heterocycles. The Morgan fingerprint density at radius 2 is 2.18 bits per heavy atom. The van der Waals surface area contributed by atoms with Crippen molar-refractivity contribution >= 4 is 5.91 Å². The van der Waals surface area contributed by atoms with Gasteiger partial charge in [0.1, 0.15) is 5.75 Å². The minimum absolute atomic E-state index is 0.0538. The number of amides is 1. The van der Waals surface area contributed by atoms with Crippen LogP contribution in [0.25, 0.3) is 0 Å². The molecule has 1 aromatic rings. The molecule has 3 aliphatic heterocycles. The Labute approximate surface area is 100 Å². The average Bonchev–Trinajstić information content (AvgIpc) is 2.28. The molecule has 17 heavy (non-hydrogen) atoms. The number of piperazine rings is 1. The number of piperidine rings is 1. The van der Waals surface area contributed by atoms with Crippen LogP contribution in [-0.4, -0.2) is 41.1 Å². The van der Waals surface area contributed by atoms with E-state index >= 15 is 0 Å². The Morgan fingerprint density at radius 1 is 1.41 bits per heavy atom. The second-order valence-electron chi connectivity index (χ2n) is 4.81. The minimum atomic E-state index is 0.0538. The van der Waals surface area contributed by atoms with E-state index in [4.69, 9.17) is 0 Å². The third-order valence-electron chi connectivity index (χ3n) is 3.65. The molecule has 1 amide bonds. The van der Waals surface area contributed by atoms with Crippen LogP contribution in [0, 0.1) is 0 Å². The summed E-state index contributed by atoms with van der Waals surface area (Å²) >= 11 is 0. The van der Waals surface area contributed by atoms with Crippen LogP contribution < -0.4 is 5.32 Å². The first-order valence-electron chi connectivity index (χ1n) is 6.06. The first kappa shape index (κ1) is 10.6. The van der Waals surface area contributed by atoms with E-state index in [1.165, 1.54) is 0 Å². The van der Waals surface area contributed by atoms with Crippen molar-refractivity contribution in [3.05, 3.63) is 29.8 Å². The van der Waals surface area contributed by atoms with Gasteiger partial charge in [-0.05, 0) is 24.5 Å². The van der Waals surface area contributed by atoms with Gasteiger partial charge in [0.05, 0.1) is 6.04 Å². The van der Waals surface area contributed by atoms with Crippen LogP contribution in [0.4, 0.5) is 0 Å². The maximum Gasteiger partial charge on any atom is 0.239 e. The second kappa shape index (κ2) is 4.04. The predicted octanol–water partition coefficient (Wildman–Crippen LogP) is 0.507. The largest absolute Gasteiger partial charge is 0.508 e. The first-order valence-corrected chi connectivity index (χ1v) is 6.06. The summed E-state index contributed by atoms with van der Waals surface area (Å²) in [6.45, 7) is 1.51. The first-order chi connectivity index (χ1) is 8.24. The quantitative estimate of drug-likeness (QED) is 0.798. The molecule has 0 saturated carbocycles. The topological polar surface area (TPSA) is 52.6 Å². The average molecular weight is 232 g/mol. The molecule has 0 aromatic heterocycles. The van der Waals surface area contributed by atoms with Gasteiger partial charge in [0.2, 0.25) is 5.91 Å². The number of hydrogen-bond acceptors (Lipinski definition) is 3. The number of hydrogen-bond donors (Lipinski definition) is 2. The number of nitrogens with one attached hydrogen (secondary N) is 1. The van der Waals surface area contributed by atoms with E-state index in [9.17, 15) is 9.90 Å². The molecule has 3 fully saturated rings. The van der Waals surface area contributed by atoms with Gasteiger partial charge in [0, 0.05) is 19.1 Å². The molecule has 2 atom stereocenters. The van der Waals surface area contributed by atoms with E-state index in [2.05, 4.69) is 5.32 Å². The van der Waals surface area contributed by atoms with Crippen molar-refractivity contribution < 1.29 is 9.90 Å². The molecular weight excluding hydrogens is 216 g/mol. The fraction of sp³-hybridized carbons (Fsp3) is 0.462. The van der Waals surface area contributed by atoms with Gasteiger partial charge in [0.25, 0.3) is 0 Å². The monoisotopic (exact) mass is 232 g/mol. The summed E-state index contributed by atoms with van der Waals surface area (Å²) < 4.78 is 0. The lowest BCUT2D eigenvalue weighted by molar-refractivity contribution is -0.142. The molecule has 0 aliphatic carbocycles. The molecule has 90 valence electrons. The molecule has 2 bridgehead atoms. The zero-order chi connectivity index (χ0) is 11.8. The highest BCUT2D eigenvalue weighted by atomic mass is 16.3. The van der Waals surface area contributed by atoms with Crippen LogP contribution >= 0.6 is 0 Å². The Balaban J connectivity index is 1.61. The lowest BCUT2D eigenvalue weighted by Gasteiger charge is -2.47. The molecule has 3 aliphatic rings. The van der Waals surface area contributed by atoms with Crippen LogP contribution in [-0.2, 0) is 11.2 Å². The van der Waals surface area contributed by atoms with Crippen LogP contribution in [0.15, 0.2) is 24.3 Å². The predicted molar refractivity (Wildman–Crippen MR) is 63.7 cm³/mol. The second-order valence-corrected chi connectivity index (χ2v) is 4.81. The third kappa shape index (κ3) is 1.89. The molecule has 4 rings (SSSR count). The van der Waals surface area contributed by atoms with Gasteiger partial charge in [-0.1, -0.05) is 18.2 Å². The molecule has 0 spiro atoms. The SMILES string of the molecule is O=C1C2CC(CN1CCc1ccccc1O)N2. The lowest BCUT2D eigenvalue weighted by Crippen LogP contribution is -2.69. The summed E-state index contributed by atoms with van der Waals surface area (Å²) in [5, 5.41) is 12.9. The van der Waals surface area contributed by atoms with Gasteiger partial charge < -0.3 is 15.3 Å². The van der Waals surface area contributed by atoms with Gasteiger partial charge in [-0.15, -0.1) is 0 Å². The number of benzene rings is 1. The number of fused-ring (bicyclic) bond motifs is 2. The highest BCUT2D eigenvalue weighted by molar-refractivity contribution is 5.84. The molecule has 3 heterocycles. The number of para-hydroxylation sites is 1. The van der Waals surface area contributed by atoms with Gasteiger partial charge >= 0.3 is 0 Å². The summed E-state index contributed by atoms with van der Waals surface area (Å²) in [6, 6.07) is 7.85. The third-order valence-corrected chi connectivity index (χ3v) is 3.65. The standard InChI is InChI=1S/C13H16N2O2/c16-12-4-2-1-3-9(12)5-6-15-8-10-7-11(14-10)13(15)17/h1-4,10-11,14,16H,5-8H2. The molecule has 4 heteroatoms. The molecule has 2 unspecified atom stereocenters. The number of phenolic OH excluding ortho intramolecular Hbond substituents is 1. The van der Waals surface area contributed by atoms with E-state index in [0.29, 0.717) is 18.3 Å². The minimum Gasteiger partial charge on any atom is -0.508 e. The van der Waals surface area contributed by atoms with E-state index in [1.54, 1.807) is 6.07 Å². The highest BCUT2D eigenvalue weighted by Crippen LogP contribution is 2.23. The van der Waals surface area contributed by atoms with E-state index in [-0.39, 0.29) is 11.9 Å². The highest BCUT2D eigenvalue weighted by Gasteiger charge is 2.42. The lowest BCUT2D eigenvalue weighted by atomic mass is 9.90. The van der Waals surface area contributed by atoms with Crippen LogP contribution in [0.3, 0.4) is 0 Å². The maximum absolute atomic E-state index is 11.9. The van der Waals surface area contributed by atoms with Crippen molar-refractivity contribution in [2.45, 2.75) is 24.9 Å². The van der Waals surface area contributed by atoms with Crippen molar-refractivity contribution in [2.24, 2.45) is 0 Å². The Morgan fingerprint density at radius 3 is 2.88 bits per heavy atom. The normalized spacial score (nSPS) is 26.8. The smallest absolute Gasteiger partial charge is 0.239 e. The number of carbonyl (C=O) groups is 1. The van der Waals surface area contributed by atoms with Crippen molar-refractivity contribution in [3.63, 3.8) is 0 Å². The van der Waals surface area contributed by atoms with E-state index in [0.717, 1.165) is 24.9 Å². The summed E-state index contributed by atoms with van der Waals surface area (Å²) in [4.78, 5) is 13.8. The molecule has 1 aromatic carbocycles. The van der Waals surface area contributed by atoms with Gasteiger partial charge in [-0.3, -0.25) is 4.79 Å². The number of carbonyl (C=O) groups excluding carboxylic acids is 1. The maximum atomic E-state index is 11.9. The van der Waals surface area contributed by atoms with E-state index < -0.39 is 0 Å². The van der Waals surface area contributed by atoms with Gasteiger partial charge in [-0.25, -0.2) is 0 Å². The zero-order valence-electron chi connectivity index (χ0n) is 9.60. The fourth-order valence-corrected chi connectivity index (χ4v) is 2.60. The van der Waals surface area contributed by atoms with E-state index in [1.807, 2.05) is 23.1 Å². The van der Waals surface area contributed by atoms with Crippen LogP contribution in [0.1, 0.15) is 12.0 Å². The van der Waals surface area contributed by atoms with Crippen molar-refractivity contribution in [1.82, 2.24) is 10.2 Å². The number of phenols is 1. The zero-order valence-corrected chi connectivity index (χ0v) is 9.60. The molecule has 4 nitrogen and oxygen atoms in total. The summed E-state index contributed by atoms with van der Waals surface area (Å²) in [5.41, 5.74) is 0.910. The number of rotatable bonds is 3. The molecular formula is C13H16N2O2.